The lowest BCUT2D eigenvalue weighted by molar-refractivity contribution is 0.0967. The first-order valence-corrected chi connectivity index (χ1v) is 16.5. The van der Waals surface area contributed by atoms with Crippen LogP contribution in [0.2, 0.25) is 0 Å². The van der Waals surface area contributed by atoms with Crippen molar-refractivity contribution in [1.82, 2.24) is 19.6 Å². The van der Waals surface area contributed by atoms with Crippen LogP contribution >= 0.6 is 0 Å². The summed E-state index contributed by atoms with van der Waals surface area (Å²) in [6.45, 7) is 29.1. The van der Waals surface area contributed by atoms with Crippen LogP contribution in [0.1, 0.15) is 93.9 Å². The molecular weight excluding hydrogens is 464 g/mol. The molecule has 0 amide bonds. The Balaban J connectivity index is 0.000000255. The molecule has 4 aliphatic rings. The van der Waals surface area contributed by atoms with Gasteiger partial charge in [-0.05, 0) is 127 Å². The van der Waals surface area contributed by atoms with Gasteiger partial charge >= 0.3 is 0 Å². The van der Waals surface area contributed by atoms with Gasteiger partial charge in [-0.3, -0.25) is 0 Å². The van der Waals surface area contributed by atoms with Gasteiger partial charge in [0.15, 0.2) is 0 Å². The van der Waals surface area contributed by atoms with Crippen molar-refractivity contribution >= 4 is 0 Å². The largest absolute Gasteiger partial charge is 0.306 e. The molecule has 0 saturated carbocycles. The Kier molecular flexibility index (Phi) is 18.0. The highest BCUT2D eigenvalue weighted by atomic mass is 15.2. The number of rotatable bonds is 4. The van der Waals surface area contributed by atoms with E-state index in [2.05, 4.69) is 103 Å². The standard InChI is InChI=1S/C10H21N.C9H19N.C8H17N.C7H15N/c1-9(2)10-6-4-5-7-11(3)8-10;1-8(2)9-5-4-6-10(3)7-9;1-7(2)8-4-5-9(3)6-8;1-6(2)7-4-8(3)5-7/h9-10H,4-8H2,1-3H3;8-9H,4-7H2,1-3H3;7-8H,4-6H2,1-3H3;6-7H,4-5H2,1-3H3. The highest BCUT2D eigenvalue weighted by Crippen LogP contribution is 2.24. The molecule has 4 saturated heterocycles. The molecular formula is C34H72N4. The van der Waals surface area contributed by atoms with Crippen molar-refractivity contribution in [3.63, 3.8) is 0 Å². The van der Waals surface area contributed by atoms with Gasteiger partial charge in [-0.25, -0.2) is 0 Å². The van der Waals surface area contributed by atoms with Crippen molar-refractivity contribution in [2.24, 2.45) is 47.3 Å². The molecule has 0 aliphatic carbocycles. The molecule has 0 aromatic carbocycles. The lowest BCUT2D eigenvalue weighted by Gasteiger charge is -2.38. The molecule has 228 valence electrons. The van der Waals surface area contributed by atoms with Gasteiger partial charge in [0.2, 0.25) is 0 Å². The average molecular weight is 537 g/mol. The van der Waals surface area contributed by atoms with E-state index < -0.39 is 0 Å². The van der Waals surface area contributed by atoms with Crippen molar-refractivity contribution in [3.05, 3.63) is 0 Å². The van der Waals surface area contributed by atoms with Crippen LogP contribution in [0, 0.1) is 47.3 Å². The van der Waals surface area contributed by atoms with E-state index in [0.717, 1.165) is 47.3 Å². The SMILES string of the molecule is CC(C)C1CCCCN(C)C1.CC(C)C1CCCN(C)C1.CC(C)C1CCN(C)C1.CC(C)C1CN(C)C1. The first kappa shape index (κ1) is 35.9. The van der Waals surface area contributed by atoms with Gasteiger partial charge in [0, 0.05) is 32.7 Å². The second kappa shape index (κ2) is 19.1. The summed E-state index contributed by atoms with van der Waals surface area (Å²) >= 11 is 0. The summed E-state index contributed by atoms with van der Waals surface area (Å²) in [7, 11) is 8.87. The molecule has 4 aliphatic heterocycles. The zero-order valence-electron chi connectivity index (χ0n) is 28.3. The van der Waals surface area contributed by atoms with Crippen molar-refractivity contribution in [3.8, 4) is 0 Å². The maximum Gasteiger partial charge on any atom is 0.00214 e. The van der Waals surface area contributed by atoms with Crippen LogP contribution in [-0.2, 0) is 0 Å². The third-order valence-electron chi connectivity index (χ3n) is 9.86. The third-order valence-corrected chi connectivity index (χ3v) is 9.86. The summed E-state index contributed by atoms with van der Waals surface area (Å²) in [5, 5.41) is 0. The normalized spacial score (nSPS) is 28.3. The second-order valence-electron chi connectivity index (χ2n) is 15.0. The Morgan fingerprint density at radius 1 is 0.368 bits per heavy atom. The fourth-order valence-corrected chi connectivity index (χ4v) is 6.35. The third kappa shape index (κ3) is 15.0. The fraction of sp³-hybridized carbons (Fsp3) is 1.00. The minimum absolute atomic E-state index is 0.871. The van der Waals surface area contributed by atoms with Gasteiger partial charge in [-0.15, -0.1) is 0 Å². The Labute approximate surface area is 241 Å². The van der Waals surface area contributed by atoms with Gasteiger partial charge in [-0.2, -0.15) is 0 Å². The lowest BCUT2D eigenvalue weighted by Crippen LogP contribution is -2.46. The van der Waals surface area contributed by atoms with Gasteiger partial charge in [0.05, 0.1) is 0 Å². The predicted molar refractivity (Wildman–Crippen MR) is 171 cm³/mol. The first-order valence-electron chi connectivity index (χ1n) is 16.5. The van der Waals surface area contributed by atoms with Crippen LogP contribution in [-0.4, -0.2) is 100 Å². The summed E-state index contributed by atoms with van der Waals surface area (Å²) in [5.41, 5.74) is 0. The van der Waals surface area contributed by atoms with Gasteiger partial charge in [0.1, 0.15) is 0 Å². The predicted octanol–water partition coefficient (Wildman–Crippen LogP) is 7.16. The number of hydrogen-bond donors (Lipinski definition) is 0. The summed E-state index contributed by atoms with van der Waals surface area (Å²) in [6, 6.07) is 0. The smallest absolute Gasteiger partial charge is 0.00214 e. The van der Waals surface area contributed by atoms with E-state index in [9.17, 15) is 0 Å². The highest BCUT2D eigenvalue weighted by Gasteiger charge is 2.25. The van der Waals surface area contributed by atoms with Crippen molar-refractivity contribution < 1.29 is 0 Å². The Morgan fingerprint density at radius 2 is 0.711 bits per heavy atom. The van der Waals surface area contributed by atoms with Crippen LogP contribution in [0.4, 0.5) is 0 Å². The number of likely N-dealkylation sites (tertiary alicyclic amines) is 4. The molecule has 4 heterocycles. The molecule has 0 N–H and O–H groups in total. The maximum absolute atomic E-state index is 2.48. The average Bonchev–Trinajstić information content (AvgIpc) is 3.14. The first-order chi connectivity index (χ1) is 17.8. The van der Waals surface area contributed by atoms with E-state index in [1.165, 1.54) is 90.9 Å². The quantitative estimate of drug-likeness (QED) is 0.378. The lowest BCUT2D eigenvalue weighted by atomic mass is 9.88. The molecule has 0 radical (unpaired) electrons. The van der Waals surface area contributed by atoms with Crippen LogP contribution in [0.3, 0.4) is 0 Å². The van der Waals surface area contributed by atoms with Crippen LogP contribution in [0.15, 0.2) is 0 Å². The fourth-order valence-electron chi connectivity index (χ4n) is 6.35. The molecule has 3 unspecified atom stereocenters. The van der Waals surface area contributed by atoms with E-state index in [1.54, 1.807) is 0 Å². The summed E-state index contributed by atoms with van der Waals surface area (Å²) in [5.74, 6) is 7.38. The van der Waals surface area contributed by atoms with Gasteiger partial charge in [0.25, 0.3) is 0 Å². The number of hydrogen-bond acceptors (Lipinski definition) is 4. The zero-order valence-corrected chi connectivity index (χ0v) is 28.3. The second-order valence-corrected chi connectivity index (χ2v) is 15.0. The van der Waals surface area contributed by atoms with Gasteiger partial charge < -0.3 is 19.6 Å². The molecule has 4 fully saturated rings. The topological polar surface area (TPSA) is 13.0 Å². The van der Waals surface area contributed by atoms with Crippen LogP contribution in [0.25, 0.3) is 0 Å². The molecule has 0 spiro atoms. The molecule has 0 aromatic rings. The van der Waals surface area contributed by atoms with E-state index in [-0.39, 0.29) is 0 Å². The highest BCUT2D eigenvalue weighted by molar-refractivity contribution is 4.78. The summed E-state index contributed by atoms with van der Waals surface area (Å²) in [6.07, 6.45) is 8.55. The molecule has 0 aromatic heterocycles. The van der Waals surface area contributed by atoms with E-state index in [4.69, 9.17) is 0 Å². The van der Waals surface area contributed by atoms with E-state index in [0.29, 0.717) is 0 Å². The summed E-state index contributed by atoms with van der Waals surface area (Å²) < 4.78 is 0. The maximum atomic E-state index is 2.48. The van der Waals surface area contributed by atoms with E-state index >= 15 is 0 Å². The summed E-state index contributed by atoms with van der Waals surface area (Å²) in [4.78, 5) is 9.72. The van der Waals surface area contributed by atoms with Crippen LogP contribution < -0.4 is 0 Å². The monoisotopic (exact) mass is 537 g/mol. The Morgan fingerprint density at radius 3 is 1.05 bits per heavy atom. The zero-order chi connectivity index (χ0) is 28.8. The van der Waals surface area contributed by atoms with Crippen molar-refractivity contribution in [1.29, 1.82) is 0 Å². The Bertz CT molecular complexity index is 569. The molecule has 4 nitrogen and oxygen atoms in total. The molecule has 0 bridgehead atoms. The molecule has 38 heavy (non-hydrogen) atoms. The number of nitrogens with zero attached hydrogens (tertiary/aromatic N) is 4. The Hall–Kier alpha value is -0.160. The minimum Gasteiger partial charge on any atom is -0.306 e. The molecule has 3 atom stereocenters. The molecule has 4 rings (SSSR count). The number of piperidine rings is 1. The molecule has 4 heteroatoms. The van der Waals surface area contributed by atoms with Crippen molar-refractivity contribution in [2.75, 3.05) is 80.5 Å². The van der Waals surface area contributed by atoms with Gasteiger partial charge in [-0.1, -0.05) is 61.8 Å². The minimum atomic E-state index is 0.871. The van der Waals surface area contributed by atoms with E-state index in [1.807, 2.05) is 0 Å². The van der Waals surface area contributed by atoms with Crippen molar-refractivity contribution in [2.45, 2.75) is 93.9 Å². The van der Waals surface area contributed by atoms with Crippen LogP contribution in [0.5, 0.6) is 0 Å².